The molecule has 0 saturated carbocycles. The maximum Gasteiger partial charge on any atom is 0.138 e. The molecule has 3 aromatic carbocycles. The zero-order chi connectivity index (χ0) is 25.3. The van der Waals surface area contributed by atoms with Gasteiger partial charge in [0, 0.05) is 54.8 Å². The van der Waals surface area contributed by atoms with Crippen LogP contribution in [0.3, 0.4) is 0 Å². The molecule has 0 atom stereocenters. The van der Waals surface area contributed by atoms with Gasteiger partial charge in [-0.2, -0.15) is 0 Å². The van der Waals surface area contributed by atoms with Crippen LogP contribution in [0.4, 0.5) is 11.4 Å². The van der Waals surface area contributed by atoms with Crippen molar-refractivity contribution in [1.29, 1.82) is 0 Å². The van der Waals surface area contributed by atoms with E-state index in [0.29, 0.717) is 6.61 Å². The number of aromatic amines is 1. The Morgan fingerprint density at radius 1 is 0.833 bits per heavy atom. The van der Waals surface area contributed by atoms with Crippen LogP contribution < -0.4 is 10.2 Å². The van der Waals surface area contributed by atoms with Crippen LogP contribution in [0.1, 0.15) is 26.3 Å². The number of rotatable bonds is 11. The van der Waals surface area contributed by atoms with Gasteiger partial charge in [0.15, 0.2) is 0 Å². The molecule has 0 aliphatic heterocycles. The lowest BCUT2D eigenvalue weighted by molar-refractivity contribution is 0.178. The highest BCUT2D eigenvalue weighted by Gasteiger charge is 2.16. The number of benzene rings is 3. The number of imidazole rings is 1. The third kappa shape index (κ3) is 5.86. The van der Waals surface area contributed by atoms with Gasteiger partial charge in [0.05, 0.1) is 18.0 Å². The van der Waals surface area contributed by atoms with Gasteiger partial charge in [0.25, 0.3) is 0 Å². The average molecular weight is 481 g/mol. The summed E-state index contributed by atoms with van der Waals surface area (Å²) in [4.78, 5) is 11.0. The molecule has 0 saturated heterocycles. The Labute approximate surface area is 214 Å². The molecule has 4 rings (SSSR count). The number of nitrogens with one attached hydrogen (secondary N) is 2. The van der Waals surface area contributed by atoms with Crippen molar-refractivity contribution >= 4 is 17.5 Å². The number of hydrogen-bond donors (Lipinski definition) is 2. The largest absolute Gasteiger partial charge is 0.388 e. The van der Waals surface area contributed by atoms with Crippen LogP contribution in [0, 0.1) is 0 Å². The number of ether oxygens (including phenoxy) is 1. The third-order valence-electron chi connectivity index (χ3n) is 6.35. The molecule has 0 amide bonds. The Hall–Kier alpha value is -3.83. The lowest BCUT2D eigenvalue weighted by Gasteiger charge is -2.21. The van der Waals surface area contributed by atoms with E-state index in [1.165, 1.54) is 5.69 Å². The van der Waals surface area contributed by atoms with E-state index >= 15 is 0 Å². The van der Waals surface area contributed by atoms with Crippen molar-refractivity contribution in [2.75, 3.05) is 43.6 Å². The van der Waals surface area contributed by atoms with Crippen molar-refractivity contribution in [3.05, 3.63) is 84.4 Å². The van der Waals surface area contributed by atoms with E-state index in [1.807, 2.05) is 20.0 Å². The second kappa shape index (κ2) is 12.2. The van der Waals surface area contributed by atoms with Gasteiger partial charge in [0.2, 0.25) is 0 Å². The highest BCUT2D eigenvalue weighted by molar-refractivity contribution is 5.82. The van der Waals surface area contributed by atoms with E-state index in [9.17, 15) is 0 Å². The van der Waals surface area contributed by atoms with Crippen LogP contribution in [0.5, 0.6) is 0 Å². The molecule has 4 aromatic rings. The first kappa shape index (κ1) is 25.3. The Kier molecular flexibility index (Phi) is 8.58. The summed E-state index contributed by atoms with van der Waals surface area (Å²) in [6.45, 7) is 9.70. The number of anilines is 2. The van der Waals surface area contributed by atoms with Crippen molar-refractivity contribution in [3.8, 4) is 33.9 Å². The zero-order valence-corrected chi connectivity index (χ0v) is 21.7. The smallest absolute Gasteiger partial charge is 0.138 e. The number of aromatic nitrogens is 2. The summed E-state index contributed by atoms with van der Waals surface area (Å²) >= 11 is 0. The number of H-pyrrole nitrogens is 1. The second-order valence-electron chi connectivity index (χ2n) is 8.54. The van der Waals surface area contributed by atoms with Crippen molar-refractivity contribution < 1.29 is 4.74 Å². The van der Waals surface area contributed by atoms with E-state index in [4.69, 9.17) is 9.72 Å². The normalized spacial score (nSPS) is 11.2. The molecule has 186 valence electrons. The molecule has 1 aromatic heterocycles. The van der Waals surface area contributed by atoms with Gasteiger partial charge >= 0.3 is 0 Å². The van der Waals surface area contributed by atoms with E-state index in [-0.39, 0.29) is 0 Å². The van der Waals surface area contributed by atoms with E-state index in [2.05, 4.69) is 108 Å². The minimum atomic E-state index is 0.628. The summed E-state index contributed by atoms with van der Waals surface area (Å²) in [5.41, 5.74) is 8.67. The molecule has 0 spiro atoms. The van der Waals surface area contributed by atoms with Gasteiger partial charge in [-0.05, 0) is 50.6 Å². The standard InChI is InChI=1S/C31H36N4O/c1-5-35(6-2)28-20-16-25(17-21-28)30-29(24-14-18-27(32-4)19-15-24)33-31(34-30)26-12-10-23(11-13-26)9-8-22-36-7-3/h8-21,32H,5-7,22H2,1-4H3,(H,33,34)/b9-8+. The molecule has 5 heteroatoms. The number of nitrogens with zero attached hydrogens (tertiary/aromatic N) is 2. The molecule has 0 radical (unpaired) electrons. The van der Waals surface area contributed by atoms with Crippen molar-refractivity contribution in [1.82, 2.24) is 9.97 Å². The van der Waals surface area contributed by atoms with Crippen LogP contribution >= 0.6 is 0 Å². The van der Waals surface area contributed by atoms with Crippen LogP contribution in [0.15, 0.2) is 78.9 Å². The van der Waals surface area contributed by atoms with Gasteiger partial charge < -0.3 is 19.9 Å². The summed E-state index contributed by atoms with van der Waals surface area (Å²) in [6.07, 6.45) is 4.12. The van der Waals surface area contributed by atoms with Gasteiger partial charge in [0.1, 0.15) is 5.82 Å². The van der Waals surface area contributed by atoms with E-state index < -0.39 is 0 Å². The van der Waals surface area contributed by atoms with Crippen LogP contribution in [-0.2, 0) is 4.74 Å². The highest BCUT2D eigenvalue weighted by atomic mass is 16.5. The first-order chi connectivity index (χ1) is 17.7. The maximum atomic E-state index is 5.39. The fourth-order valence-corrected chi connectivity index (χ4v) is 4.27. The Morgan fingerprint density at radius 3 is 2.08 bits per heavy atom. The summed E-state index contributed by atoms with van der Waals surface area (Å²) in [7, 11) is 1.93. The molecule has 0 aliphatic carbocycles. The van der Waals surface area contributed by atoms with E-state index in [1.54, 1.807) is 0 Å². The first-order valence-electron chi connectivity index (χ1n) is 12.7. The molecule has 5 nitrogen and oxygen atoms in total. The minimum absolute atomic E-state index is 0.628. The fourth-order valence-electron chi connectivity index (χ4n) is 4.27. The van der Waals surface area contributed by atoms with Crippen LogP contribution in [0.25, 0.3) is 40.0 Å². The molecular formula is C31H36N4O. The van der Waals surface area contributed by atoms with Crippen LogP contribution in [0.2, 0.25) is 0 Å². The topological polar surface area (TPSA) is 53.2 Å². The van der Waals surface area contributed by atoms with Gasteiger partial charge in [-0.25, -0.2) is 4.98 Å². The third-order valence-corrected chi connectivity index (χ3v) is 6.35. The van der Waals surface area contributed by atoms with Crippen molar-refractivity contribution in [2.24, 2.45) is 0 Å². The van der Waals surface area contributed by atoms with Gasteiger partial charge in [-0.15, -0.1) is 0 Å². The Bertz CT molecular complexity index is 1250. The minimum Gasteiger partial charge on any atom is -0.388 e. The second-order valence-corrected chi connectivity index (χ2v) is 8.54. The lowest BCUT2D eigenvalue weighted by atomic mass is 10.0. The molecule has 0 aliphatic rings. The number of hydrogen-bond acceptors (Lipinski definition) is 4. The van der Waals surface area contributed by atoms with Gasteiger partial charge in [-0.1, -0.05) is 60.7 Å². The Balaban J connectivity index is 1.70. The van der Waals surface area contributed by atoms with Crippen molar-refractivity contribution in [2.45, 2.75) is 20.8 Å². The lowest BCUT2D eigenvalue weighted by Crippen LogP contribution is -2.21. The van der Waals surface area contributed by atoms with Crippen molar-refractivity contribution in [3.63, 3.8) is 0 Å². The summed E-state index contributed by atoms with van der Waals surface area (Å²) in [5.74, 6) is 0.857. The summed E-state index contributed by atoms with van der Waals surface area (Å²) in [6, 6.07) is 25.6. The Morgan fingerprint density at radius 2 is 1.47 bits per heavy atom. The highest BCUT2D eigenvalue weighted by Crippen LogP contribution is 2.34. The zero-order valence-electron chi connectivity index (χ0n) is 21.7. The molecule has 0 fully saturated rings. The molecule has 36 heavy (non-hydrogen) atoms. The molecule has 0 bridgehead atoms. The summed E-state index contributed by atoms with van der Waals surface area (Å²) in [5, 5.41) is 3.19. The first-order valence-corrected chi connectivity index (χ1v) is 12.7. The molecule has 2 N–H and O–H groups in total. The fraction of sp³-hybridized carbons (Fsp3) is 0.258. The molecular weight excluding hydrogens is 444 g/mol. The average Bonchev–Trinajstić information content (AvgIpc) is 3.38. The molecule has 0 unspecified atom stereocenters. The quantitative estimate of drug-likeness (QED) is 0.220. The summed E-state index contributed by atoms with van der Waals surface area (Å²) < 4.78 is 5.39. The predicted octanol–water partition coefficient (Wildman–Crippen LogP) is 7.35. The predicted molar refractivity (Wildman–Crippen MR) is 154 cm³/mol. The maximum absolute atomic E-state index is 5.39. The monoisotopic (exact) mass is 480 g/mol. The molecule has 1 heterocycles. The SMILES string of the molecule is CCOC/C=C/c1ccc(-c2nc(-c3ccc(N(CC)CC)cc3)c(-c3ccc(NC)cc3)[nH]2)cc1. The van der Waals surface area contributed by atoms with Crippen LogP contribution in [-0.4, -0.2) is 43.3 Å². The van der Waals surface area contributed by atoms with Gasteiger partial charge in [-0.3, -0.25) is 0 Å². The van der Waals surface area contributed by atoms with E-state index in [0.717, 1.165) is 64.8 Å².